The lowest BCUT2D eigenvalue weighted by molar-refractivity contribution is -0.117. The van der Waals surface area contributed by atoms with Gasteiger partial charge in [0, 0.05) is 42.4 Å². The number of rotatable bonds is 9. The summed E-state index contributed by atoms with van der Waals surface area (Å²) in [6, 6.07) is 18.1. The van der Waals surface area contributed by atoms with Crippen LogP contribution in [0.25, 0.3) is 17.0 Å². The zero-order chi connectivity index (χ0) is 23.0. The molecule has 1 fully saturated rings. The van der Waals surface area contributed by atoms with Crippen molar-refractivity contribution in [2.24, 2.45) is 0 Å². The van der Waals surface area contributed by atoms with E-state index in [1.165, 1.54) is 0 Å². The van der Waals surface area contributed by atoms with Crippen molar-refractivity contribution in [3.63, 3.8) is 0 Å². The lowest BCUT2D eigenvalue weighted by Crippen LogP contribution is -2.32. The smallest absolute Gasteiger partial charge is 0.262 e. The average Bonchev–Trinajstić information content (AvgIpc) is 3.48. The summed E-state index contributed by atoms with van der Waals surface area (Å²) in [7, 11) is 0. The van der Waals surface area contributed by atoms with Gasteiger partial charge in [-0.25, -0.2) is 0 Å². The van der Waals surface area contributed by atoms with E-state index in [4.69, 9.17) is 9.47 Å². The number of aromatic nitrogens is 1. The van der Waals surface area contributed by atoms with Crippen LogP contribution in [0.15, 0.2) is 60.3 Å². The van der Waals surface area contributed by atoms with Crippen LogP contribution in [0.1, 0.15) is 30.4 Å². The van der Waals surface area contributed by atoms with Crippen LogP contribution < -0.4 is 10.1 Å². The van der Waals surface area contributed by atoms with Crippen molar-refractivity contribution in [1.82, 2.24) is 9.88 Å². The Bertz CT molecular complexity index is 1180. The van der Waals surface area contributed by atoms with Crippen LogP contribution in [-0.2, 0) is 16.1 Å². The molecule has 170 valence electrons. The Balaban J connectivity index is 1.44. The predicted molar refractivity (Wildman–Crippen MR) is 129 cm³/mol. The molecule has 1 aromatic heterocycles. The number of nitriles is 1. The van der Waals surface area contributed by atoms with E-state index in [9.17, 15) is 10.1 Å². The number of hydrogen-bond donors (Lipinski definition) is 1. The SMILES string of the molecule is Cc1ccccc1OCCCn1cc(/C=C(\C#N)C(=O)NC[C@H]2CCCO2)c2ccccc21. The van der Waals surface area contributed by atoms with Crippen LogP contribution in [0.3, 0.4) is 0 Å². The second kappa shape index (κ2) is 10.8. The van der Waals surface area contributed by atoms with Crippen molar-refractivity contribution >= 4 is 22.9 Å². The molecule has 0 radical (unpaired) electrons. The van der Waals surface area contributed by atoms with Crippen LogP contribution in [-0.4, -0.2) is 36.3 Å². The van der Waals surface area contributed by atoms with E-state index in [2.05, 4.69) is 22.0 Å². The first-order valence-corrected chi connectivity index (χ1v) is 11.4. The summed E-state index contributed by atoms with van der Waals surface area (Å²) >= 11 is 0. The van der Waals surface area contributed by atoms with Gasteiger partial charge >= 0.3 is 0 Å². The molecule has 0 spiro atoms. The Labute approximate surface area is 194 Å². The Morgan fingerprint density at radius 2 is 2.09 bits per heavy atom. The fourth-order valence-electron chi connectivity index (χ4n) is 4.12. The lowest BCUT2D eigenvalue weighted by atomic mass is 10.1. The topological polar surface area (TPSA) is 76.3 Å². The second-order valence-corrected chi connectivity index (χ2v) is 8.28. The number of aryl methyl sites for hydroxylation is 2. The highest BCUT2D eigenvalue weighted by Crippen LogP contribution is 2.24. The first-order chi connectivity index (χ1) is 16.2. The molecule has 6 nitrogen and oxygen atoms in total. The fourth-order valence-corrected chi connectivity index (χ4v) is 4.12. The van der Waals surface area contributed by atoms with Gasteiger partial charge in [0.1, 0.15) is 17.4 Å². The van der Waals surface area contributed by atoms with Gasteiger partial charge in [0.25, 0.3) is 5.91 Å². The lowest BCUT2D eigenvalue weighted by Gasteiger charge is -2.10. The number of para-hydroxylation sites is 2. The molecule has 3 aromatic rings. The number of fused-ring (bicyclic) bond motifs is 1. The van der Waals surface area contributed by atoms with Gasteiger partial charge in [0.15, 0.2) is 0 Å². The van der Waals surface area contributed by atoms with E-state index >= 15 is 0 Å². The minimum atomic E-state index is -0.364. The maximum atomic E-state index is 12.6. The Hall–Kier alpha value is -3.56. The molecule has 1 saturated heterocycles. The van der Waals surface area contributed by atoms with Crippen LogP contribution in [0.4, 0.5) is 0 Å². The van der Waals surface area contributed by atoms with Gasteiger partial charge in [-0.1, -0.05) is 36.4 Å². The van der Waals surface area contributed by atoms with Gasteiger partial charge in [-0.05, 0) is 50.0 Å². The fraction of sp³-hybridized carbons (Fsp3) is 0.333. The summed E-state index contributed by atoms with van der Waals surface area (Å²) < 4.78 is 13.6. The third kappa shape index (κ3) is 5.63. The number of carbonyl (C=O) groups is 1. The molecule has 2 heterocycles. The molecule has 1 N–H and O–H groups in total. The molecule has 0 bridgehead atoms. The summed E-state index contributed by atoms with van der Waals surface area (Å²) in [6.07, 6.45) is 6.50. The number of nitrogens with zero attached hydrogens (tertiary/aromatic N) is 2. The Kier molecular flexibility index (Phi) is 7.43. The van der Waals surface area contributed by atoms with E-state index < -0.39 is 0 Å². The standard InChI is InChI=1S/C27H29N3O3/c1-20-8-2-5-12-26(20)33-15-7-13-30-19-22(24-10-3-4-11-25(24)30)16-21(17-28)27(31)29-18-23-9-6-14-32-23/h2-5,8,10-12,16,19,23H,6-7,9,13-15,18H2,1H3,(H,29,31)/b21-16+/t23-/m1/s1. The highest BCUT2D eigenvalue weighted by atomic mass is 16.5. The highest BCUT2D eigenvalue weighted by Gasteiger charge is 2.18. The van der Waals surface area contributed by atoms with Gasteiger partial charge in [0.05, 0.1) is 12.7 Å². The molecule has 6 heteroatoms. The predicted octanol–water partition coefficient (Wildman–Crippen LogP) is 4.62. The Morgan fingerprint density at radius 3 is 2.88 bits per heavy atom. The van der Waals surface area contributed by atoms with Crippen molar-refractivity contribution in [3.05, 3.63) is 71.4 Å². The van der Waals surface area contributed by atoms with Crippen molar-refractivity contribution in [3.8, 4) is 11.8 Å². The summed E-state index contributed by atoms with van der Waals surface area (Å²) in [5.41, 5.74) is 3.14. The molecule has 0 aliphatic carbocycles. The van der Waals surface area contributed by atoms with Crippen molar-refractivity contribution in [1.29, 1.82) is 5.26 Å². The maximum Gasteiger partial charge on any atom is 0.262 e. The normalized spacial score (nSPS) is 16.0. The summed E-state index contributed by atoms with van der Waals surface area (Å²) in [5, 5.41) is 13.4. The van der Waals surface area contributed by atoms with E-state index in [1.807, 2.05) is 55.6 Å². The monoisotopic (exact) mass is 443 g/mol. The molecule has 4 rings (SSSR count). The van der Waals surface area contributed by atoms with E-state index in [0.29, 0.717) is 13.2 Å². The third-order valence-electron chi connectivity index (χ3n) is 5.89. The summed E-state index contributed by atoms with van der Waals surface area (Å²) in [5.74, 6) is 0.544. The van der Waals surface area contributed by atoms with Crippen LogP contribution in [0.2, 0.25) is 0 Å². The number of ether oxygens (including phenoxy) is 2. The van der Waals surface area contributed by atoms with E-state index in [-0.39, 0.29) is 17.6 Å². The summed E-state index contributed by atoms with van der Waals surface area (Å²) in [6.45, 7) is 4.58. The van der Waals surface area contributed by atoms with Crippen LogP contribution in [0, 0.1) is 18.3 Å². The van der Waals surface area contributed by atoms with Crippen molar-refractivity contribution in [2.75, 3.05) is 19.8 Å². The van der Waals surface area contributed by atoms with Gasteiger partial charge in [0.2, 0.25) is 0 Å². The summed E-state index contributed by atoms with van der Waals surface area (Å²) in [4.78, 5) is 12.6. The highest BCUT2D eigenvalue weighted by molar-refractivity contribution is 6.04. The van der Waals surface area contributed by atoms with E-state index in [0.717, 1.165) is 60.2 Å². The molecule has 1 aliphatic rings. The minimum Gasteiger partial charge on any atom is -0.493 e. The van der Waals surface area contributed by atoms with Crippen molar-refractivity contribution < 1.29 is 14.3 Å². The van der Waals surface area contributed by atoms with Crippen LogP contribution >= 0.6 is 0 Å². The van der Waals surface area contributed by atoms with Crippen molar-refractivity contribution in [2.45, 2.75) is 38.8 Å². The molecule has 0 unspecified atom stereocenters. The zero-order valence-electron chi connectivity index (χ0n) is 18.9. The van der Waals surface area contributed by atoms with Gasteiger partial charge in [-0.15, -0.1) is 0 Å². The number of benzene rings is 2. The Morgan fingerprint density at radius 1 is 1.27 bits per heavy atom. The van der Waals surface area contributed by atoms with Gasteiger partial charge in [-0.2, -0.15) is 5.26 Å². The quantitative estimate of drug-likeness (QED) is 0.297. The molecular formula is C27H29N3O3. The van der Waals surface area contributed by atoms with Gasteiger partial charge < -0.3 is 19.4 Å². The van der Waals surface area contributed by atoms with E-state index in [1.54, 1.807) is 6.08 Å². The number of carbonyl (C=O) groups excluding carboxylic acids is 1. The molecule has 0 saturated carbocycles. The maximum absolute atomic E-state index is 12.6. The third-order valence-corrected chi connectivity index (χ3v) is 5.89. The molecule has 1 aliphatic heterocycles. The molecule has 33 heavy (non-hydrogen) atoms. The minimum absolute atomic E-state index is 0.0395. The first kappa shape index (κ1) is 22.6. The number of amides is 1. The largest absolute Gasteiger partial charge is 0.493 e. The molecular weight excluding hydrogens is 414 g/mol. The zero-order valence-corrected chi connectivity index (χ0v) is 18.9. The van der Waals surface area contributed by atoms with Crippen LogP contribution in [0.5, 0.6) is 5.75 Å². The number of hydrogen-bond acceptors (Lipinski definition) is 4. The second-order valence-electron chi connectivity index (χ2n) is 8.28. The first-order valence-electron chi connectivity index (χ1n) is 11.4. The average molecular weight is 444 g/mol. The molecule has 2 aromatic carbocycles. The number of nitrogens with one attached hydrogen (secondary N) is 1. The van der Waals surface area contributed by atoms with Gasteiger partial charge in [-0.3, -0.25) is 4.79 Å². The molecule has 1 atom stereocenters. The molecule has 1 amide bonds.